The number of rotatable bonds is 5. The number of carbonyl (C=O) groups excluding carboxylic acids is 1. The second kappa shape index (κ2) is 7.83. The lowest BCUT2D eigenvalue weighted by Gasteiger charge is -2.13. The summed E-state index contributed by atoms with van der Waals surface area (Å²) in [6, 6.07) is 12.9. The first-order valence-corrected chi connectivity index (χ1v) is 8.36. The van der Waals surface area contributed by atoms with Crippen LogP contribution >= 0.6 is 0 Å². The van der Waals surface area contributed by atoms with Gasteiger partial charge in [-0.3, -0.25) is 9.59 Å². The van der Waals surface area contributed by atoms with Crippen LogP contribution in [-0.4, -0.2) is 35.0 Å². The molecule has 0 atom stereocenters. The molecule has 0 spiro atoms. The summed E-state index contributed by atoms with van der Waals surface area (Å²) >= 11 is 0. The normalized spacial score (nSPS) is 10.4. The molecule has 8 heteroatoms. The highest BCUT2D eigenvalue weighted by Crippen LogP contribution is 2.29. The van der Waals surface area contributed by atoms with Crippen LogP contribution in [0, 0.1) is 6.92 Å². The highest BCUT2D eigenvalue weighted by atomic mass is 16.5. The minimum absolute atomic E-state index is 0.293. The van der Waals surface area contributed by atoms with E-state index in [4.69, 9.17) is 9.47 Å². The van der Waals surface area contributed by atoms with Crippen molar-refractivity contribution in [3.05, 3.63) is 70.1 Å². The van der Waals surface area contributed by atoms with E-state index in [9.17, 15) is 14.7 Å². The lowest BCUT2D eigenvalue weighted by Crippen LogP contribution is -2.25. The molecule has 1 aromatic heterocycles. The van der Waals surface area contributed by atoms with Crippen molar-refractivity contribution in [2.24, 2.45) is 0 Å². The molecule has 2 N–H and O–H groups in total. The third-order valence-electron chi connectivity index (χ3n) is 4.03. The summed E-state index contributed by atoms with van der Waals surface area (Å²) in [5.74, 6) is -0.274. The number of hydrogen-bond donors (Lipinski definition) is 2. The number of carbonyl (C=O) groups is 1. The van der Waals surface area contributed by atoms with Gasteiger partial charge in [-0.05, 0) is 36.8 Å². The van der Waals surface area contributed by atoms with Gasteiger partial charge in [-0.25, -0.2) is 0 Å². The molecular formula is C20H19N3O5. The van der Waals surface area contributed by atoms with Gasteiger partial charge in [0.05, 0.1) is 25.6 Å². The van der Waals surface area contributed by atoms with Gasteiger partial charge in [0.1, 0.15) is 11.5 Å². The van der Waals surface area contributed by atoms with Gasteiger partial charge in [-0.2, -0.15) is 9.78 Å². The quantitative estimate of drug-likeness (QED) is 0.704. The Balaban J connectivity index is 1.99. The summed E-state index contributed by atoms with van der Waals surface area (Å²) < 4.78 is 11.4. The number of aromatic nitrogens is 2. The number of anilines is 1. The molecule has 8 nitrogen and oxygen atoms in total. The Morgan fingerprint density at radius 3 is 2.57 bits per heavy atom. The average Bonchev–Trinajstić information content (AvgIpc) is 2.68. The fourth-order valence-electron chi connectivity index (χ4n) is 2.64. The Morgan fingerprint density at radius 1 is 1.11 bits per heavy atom. The van der Waals surface area contributed by atoms with Gasteiger partial charge >= 0.3 is 0 Å². The number of nitrogens with zero attached hydrogens (tertiary/aromatic N) is 2. The molecule has 3 rings (SSSR count). The molecule has 0 radical (unpaired) electrons. The molecule has 28 heavy (non-hydrogen) atoms. The Morgan fingerprint density at radius 2 is 1.89 bits per heavy atom. The molecule has 144 valence electrons. The average molecular weight is 381 g/mol. The monoisotopic (exact) mass is 381 g/mol. The standard InChI is InChI=1S/C20H19N3O5/c1-12-5-4-6-13(9-12)23-18(25)11-16(24)19(22-23)20(26)21-15-8-7-14(27-2)10-17(15)28-3/h4-11,24H,1-3H3,(H,21,26). The molecule has 0 bridgehead atoms. The summed E-state index contributed by atoms with van der Waals surface area (Å²) in [5, 5.41) is 16.8. The lowest BCUT2D eigenvalue weighted by molar-refractivity contribution is 0.101. The Kier molecular flexibility index (Phi) is 5.30. The van der Waals surface area contributed by atoms with Gasteiger partial charge in [-0.1, -0.05) is 12.1 Å². The molecule has 0 aliphatic rings. The van der Waals surface area contributed by atoms with Crippen molar-refractivity contribution in [2.45, 2.75) is 6.92 Å². The second-order valence-corrected chi connectivity index (χ2v) is 5.99. The van der Waals surface area contributed by atoms with Crippen LogP contribution in [0.25, 0.3) is 5.69 Å². The van der Waals surface area contributed by atoms with E-state index in [0.29, 0.717) is 22.9 Å². The number of hydrogen-bond acceptors (Lipinski definition) is 6. The van der Waals surface area contributed by atoms with Crippen LogP contribution in [0.1, 0.15) is 16.1 Å². The van der Waals surface area contributed by atoms with E-state index in [1.807, 2.05) is 13.0 Å². The Labute approximate surface area is 161 Å². The molecule has 1 heterocycles. The van der Waals surface area contributed by atoms with Crippen molar-refractivity contribution < 1.29 is 19.4 Å². The topological polar surface area (TPSA) is 103 Å². The summed E-state index contributed by atoms with van der Waals surface area (Å²) in [5.41, 5.74) is 0.929. The number of nitrogens with one attached hydrogen (secondary N) is 1. The second-order valence-electron chi connectivity index (χ2n) is 5.99. The zero-order valence-electron chi connectivity index (χ0n) is 15.6. The summed E-state index contributed by atoms with van der Waals surface area (Å²) in [7, 11) is 2.97. The van der Waals surface area contributed by atoms with E-state index in [2.05, 4.69) is 10.4 Å². The fraction of sp³-hybridized carbons (Fsp3) is 0.150. The highest BCUT2D eigenvalue weighted by molar-refractivity contribution is 6.05. The first-order valence-electron chi connectivity index (χ1n) is 8.36. The predicted molar refractivity (Wildman–Crippen MR) is 104 cm³/mol. The summed E-state index contributed by atoms with van der Waals surface area (Å²) in [6.45, 7) is 1.87. The molecule has 0 unspecified atom stereocenters. The van der Waals surface area contributed by atoms with Crippen LogP contribution in [0.2, 0.25) is 0 Å². The number of aromatic hydroxyl groups is 1. The number of benzene rings is 2. The van der Waals surface area contributed by atoms with Crippen molar-refractivity contribution >= 4 is 11.6 Å². The maximum absolute atomic E-state index is 12.7. The van der Waals surface area contributed by atoms with Crippen molar-refractivity contribution in [3.8, 4) is 22.9 Å². The van der Waals surface area contributed by atoms with Gasteiger partial charge in [0.2, 0.25) is 0 Å². The van der Waals surface area contributed by atoms with Gasteiger partial charge in [0.15, 0.2) is 11.4 Å². The number of aryl methyl sites for hydroxylation is 1. The van der Waals surface area contributed by atoms with E-state index in [1.165, 1.54) is 14.2 Å². The summed E-state index contributed by atoms with van der Waals surface area (Å²) in [4.78, 5) is 24.9. The van der Waals surface area contributed by atoms with Gasteiger partial charge in [0, 0.05) is 12.1 Å². The van der Waals surface area contributed by atoms with Crippen LogP contribution in [0.15, 0.2) is 53.3 Å². The molecular weight excluding hydrogens is 362 g/mol. The SMILES string of the molecule is COc1ccc(NC(=O)c2nn(-c3cccc(C)c3)c(=O)cc2O)c(OC)c1. The van der Waals surface area contributed by atoms with E-state index in [1.54, 1.807) is 36.4 Å². The molecule has 1 amide bonds. The zero-order chi connectivity index (χ0) is 20.3. The number of ether oxygens (including phenoxy) is 2. The molecule has 0 saturated carbocycles. The molecule has 0 aliphatic carbocycles. The van der Waals surface area contributed by atoms with Crippen LogP contribution in [0.5, 0.6) is 17.2 Å². The van der Waals surface area contributed by atoms with E-state index < -0.39 is 17.2 Å². The molecule has 0 aliphatic heterocycles. The number of amides is 1. The van der Waals surface area contributed by atoms with Crippen molar-refractivity contribution in [1.82, 2.24) is 9.78 Å². The van der Waals surface area contributed by atoms with Crippen LogP contribution in [0.4, 0.5) is 5.69 Å². The van der Waals surface area contributed by atoms with E-state index >= 15 is 0 Å². The van der Waals surface area contributed by atoms with Crippen LogP contribution in [0.3, 0.4) is 0 Å². The molecule has 0 saturated heterocycles. The third-order valence-corrected chi connectivity index (χ3v) is 4.03. The number of methoxy groups -OCH3 is 2. The third kappa shape index (κ3) is 3.80. The maximum Gasteiger partial charge on any atom is 0.280 e. The molecule has 0 fully saturated rings. The van der Waals surface area contributed by atoms with E-state index in [-0.39, 0.29) is 5.69 Å². The largest absolute Gasteiger partial charge is 0.505 e. The highest BCUT2D eigenvalue weighted by Gasteiger charge is 2.19. The van der Waals surface area contributed by atoms with Crippen LogP contribution in [-0.2, 0) is 0 Å². The van der Waals surface area contributed by atoms with Crippen LogP contribution < -0.4 is 20.3 Å². The fourth-order valence-corrected chi connectivity index (χ4v) is 2.64. The molecule has 3 aromatic rings. The smallest absolute Gasteiger partial charge is 0.280 e. The van der Waals surface area contributed by atoms with Crippen molar-refractivity contribution in [2.75, 3.05) is 19.5 Å². The van der Waals surface area contributed by atoms with Crippen molar-refractivity contribution in [3.63, 3.8) is 0 Å². The van der Waals surface area contributed by atoms with Gasteiger partial charge in [-0.15, -0.1) is 0 Å². The minimum atomic E-state index is -0.692. The van der Waals surface area contributed by atoms with Gasteiger partial charge < -0.3 is 19.9 Å². The maximum atomic E-state index is 12.7. The minimum Gasteiger partial charge on any atom is -0.505 e. The molecule has 2 aromatic carbocycles. The van der Waals surface area contributed by atoms with Crippen molar-refractivity contribution in [1.29, 1.82) is 0 Å². The van der Waals surface area contributed by atoms with E-state index in [0.717, 1.165) is 16.3 Å². The van der Waals surface area contributed by atoms with Gasteiger partial charge in [0.25, 0.3) is 11.5 Å². The first kappa shape index (κ1) is 19.0. The predicted octanol–water partition coefficient (Wildman–Crippen LogP) is 2.52. The Bertz CT molecular complexity index is 1090. The summed E-state index contributed by atoms with van der Waals surface area (Å²) in [6.07, 6.45) is 0. The Hall–Kier alpha value is -3.81. The first-order chi connectivity index (χ1) is 13.4. The lowest BCUT2D eigenvalue weighted by atomic mass is 10.2. The zero-order valence-corrected chi connectivity index (χ0v) is 15.6.